The first-order valence-electron chi connectivity index (χ1n) is 6.31. The molecule has 2 aromatic rings. The molecule has 1 aromatic carbocycles. The topological polar surface area (TPSA) is 75.9 Å². The smallest absolute Gasteiger partial charge is 0.239 e. The Morgan fingerprint density at radius 3 is 2.89 bits per heavy atom. The lowest BCUT2D eigenvalue weighted by molar-refractivity contribution is 0.774. The van der Waals surface area contributed by atoms with Crippen molar-refractivity contribution in [3.63, 3.8) is 0 Å². The molecule has 3 rings (SSSR count). The summed E-state index contributed by atoms with van der Waals surface area (Å²) in [6, 6.07) is 8.50. The lowest BCUT2D eigenvalue weighted by Gasteiger charge is -2.10. The number of nitrogens with zero attached hydrogens (tertiary/aromatic N) is 2. The Kier molecular flexibility index (Phi) is 2.76. The molecular formula is C13H17N5. The van der Waals surface area contributed by atoms with Gasteiger partial charge in [0.05, 0.1) is 5.52 Å². The summed E-state index contributed by atoms with van der Waals surface area (Å²) in [7, 11) is 0. The van der Waals surface area contributed by atoms with E-state index in [0.717, 1.165) is 22.6 Å². The number of rotatable bonds is 4. The summed E-state index contributed by atoms with van der Waals surface area (Å²) < 4.78 is 0. The van der Waals surface area contributed by atoms with Crippen LogP contribution in [0.5, 0.6) is 0 Å². The van der Waals surface area contributed by atoms with Crippen LogP contribution in [0.2, 0.25) is 0 Å². The van der Waals surface area contributed by atoms with E-state index in [1.165, 1.54) is 12.8 Å². The molecule has 4 N–H and O–H groups in total. The van der Waals surface area contributed by atoms with Gasteiger partial charge in [0.25, 0.3) is 0 Å². The molecule has 94 valence electrons. The maximum Gasteiger partial charge on any atom is 0.239 e. The molecule has 1 aliphatic rings. The molecule has 2 unspecified atom stereocenters. The summed E-state index contributed by atoms with van der Waals surface area (Å²) in [4.78, 5) is 8.74. The molecule has 0 bridgehead atoms. The Hall–Kier alpha value is -1.88. The van der Waals surface area contributed by atoms with E-state index in [0.29, 0.717) is 12.0 Å². The van der Waals surface area contributed by atoms with E-state index in [-0.39, 0.29) is 0 Å². The van der Waals surface area contributed by atoms with Crippen molar-refractivity contribution in [3.05, 3.63) is 24.3 Å². The van der Waals surface area contributed by atoms with Crippen LogP contribution in [-0.2, 0) is 0 Å². The number of aromatic nitrogens is 2. The van der Waals surface area contributed by atoms with Gasteiger partial charge in [0, 0.05) is 11.4 Å². The van der Waals surface area contributed by atoms with E-state index < -0.39 is 0 Å². The molecule has 1 aromatic heterocycles. The maximum atomic E-state index is 5.41. The maximum absolute atomic E-state index is 5.41. The van der Waals surface area contributed by atoms with Crippen molar-refractivity contribution >= 4 is 22.7 Å². The third-order valence-corrected chi connectivity index (χ3v) is 3.50. The number of fused-ring (bicyclic) bond motifs is 1. The highest BCUT2D eigenvalue weighted by atomic mass is 15.3. The average Bonchev–Trinajstić information content (AvgIpc) is 3.17. The highest BCUT2D eigenvalue weighted by molar-refractivity contribution is 5.90. The summed E-state index contributed by atoms with van der Waals surface area (Å²) in [5, 5.41) is 4.53. The second-order valence-electron chi connectivity index (χ2n) is 4.71. The number of benzene rings is 1. The summed E-state index contributed by atoms with van der Waals surface area (Å²) in [5.74, 6) is 7.50. The van der Waals surface area contributed by atoms with Crippen LogP contribution in [0.3, 0.4) is 0 Å². The Bertz CT molecular complexity index is 568. The van der Waals surface area contributed by atoms with Crippen LogP contribution in [0.15, 0.2) is 24.3 Å². The van der Waals surface area contributed by atoms with Gasteiger partial charge in [-0.2, -0.15) is 4.98 Å². The third kappa shape index (κ3) is 1.97. The minimum Gasteiger partial charge on any atom is -0.366 e. The molecule has 1 saturated carbocycles. The third-order valence-electron chi connectivity index (χ3n) is 3.50. The van der Waals surface area contributed by atoms with Crippen LogP contribution in [0, 0.1) is 5.92 Å². The van der Waals surface area contributed by atoms with E-state index >= 15 is 0 Å². The fourth-order valence-electron chi connectivity index (χ4n) is 2.30. The number of hydrogen-bond acceptors (Lipinski definition) is 5. The zero-order valence-corrected chi connectivity index (χ0v) is 10.4. The summed E-state index contributed by atoms with van der Waals surface area (Å²) >= 11 is 0. The Morgan fingerprint density at radius 2 is 2.17 bits per heavy atom. The van der Waals surface area contributed by atoms with Crippen molar-refractivity contribution in [2.45, 2.75) is 25.8 Å². The SMILES string of the molecule is CCC1CC1Nc1nc(NN)nc2ccccc12. The van der Waals surface area contributed by atoms with Gasteiger partial charge in [-0.15, -0.1) is 0 Å². The first-order chi connectivity index (χ1) is 8.81. The molecule has 0 aliphatic heterocycles. The van der Waals surface area contributed by atoms with E-state index in [9.17, 15) is 0 Å². The van der Waals surface area contributed by atoms with Gasteiger partial charge in [-0.1, -0.05) is 25.5 Å². The van der Waals surface area contributed by atoms with Gasteiger partial charge < -0.3 is 5.32 Å². The molecule has 5 nitrogen and oxygen atoms in total. The van der Waals surface area contributed by atoms with Gasteiger partial charge in [-0.3, -0.25) is 5.43 Å². The van der Waals surface area contributed by atoms with Gasteiger partial charge >= 0.3 is 0 Å². The van der Waals surface area contributed by atoms with Crippen molar-refractivity contribution in [3.8, 4) is 0 Å². The van der Waals surface area contributed by atoms with Gasteiger partial charge in [0.15, 0.2) is 0 Å². The van der Waals surface area contributed by atoms with Crippen molar-refractivity contribution in [1.82, 2.24) is 9.97 Å². The minimum absolute atomic E-state index is 0.449. The van der Waals surface area contributed by atoms with Crippen molar-refractivity contribution in [1.29, 1.82) is 0 Å². The molecule has 1 fully saturated rings. The highest BCUT2D eigenvalue weighted by Gasteiger charge is 2.35. The molecule has 18 heavy (non-hydrogen) atoms. The molecule has 0 amide bonds. The standard InChI is InChI=1S/C13H17N5/c1-2-8-7-11(8)15-12-9-5-3-4-6-10(9)16-13(17-12)18-14/h3-6,8,11H,2,7,14H2,1H3,(H2,15,16,17,18). The van der Waals surface area contributed by atoms with Crippen LogP contribution in [0.4, 0.5) is 11.8 Å². The Labute approximate surface area is 106 Å². The minimum atomic E-state index is 0.449. The predicted octanol–water partition coefficient (Wildman–Crippen LogP) is 2.13. The van der Waals surface area contributed by atoms with Gasteiger partial charge in [-0.25, -0.2) is 10.8 Å². The fraction of sp³-hybridized carbons (Fsp3) is 0.385. The van der Waals surface area contributed by atoms with E-state index in [4.69, 9.17) is 5.84 Å². The number of nitrogens with two attached hydrogens (primary N) is 1. The zero-order valence-electron chi connectivity index (χ0n) is 10.4. The van der Waals surface area contributed by atoms with Crippen LogP contribution >= 0.6 is 0 Å². The van der Waals surface area contributed by atoms with Crippen molar-refractivity contribution in [2.75, 3.05) is 10.7 Å². The average molecular weight is 243 g/mol. The first-order valence-corrected chi connectivity index (χ1v) is 6.31. The quantitative estimate of drug-likeness (QED) is 0.566. The summed E-state index contributed by atoms with van der Waals surface area (Å²) in [6.07, 6.45) is 2.43. The van der Waals surface area contributed by atoms with E-state index in [2.05, 4.69) is 27.6 Å². The van der Waals surface area contributed by atoms with Crippen LogP contribution in [0.25, 0.3) is 10.9 Å². The second-order valence-corrected chi connectivity index (χ2v) is 4.71. The van der Waals surface area contributed by atoms with Gasteiger partial charge in [0.2, 0.25) is 5.95 Å². The normalized spacial score (nSPS) is 21.9. The Morgan fingerprint density at radius 1 is 1.33 bits per heavy atom. The number of nitrogen functional groups attached to an aromatic ring is 1. The Balaban J connectivity index is 1.98. The van der Waals surface area contributed by atoms with E-state index in [1.54, 1.807) is 0 Å². The van der Waals surface area contributed by atoms with Crippen molar-refractivity contribution in [2.24, 2.45) is 11.8 Å². The summed E-state index contributed by atoms with van der Waals surface area (Å²) in [6.45, 7) is 2.22. The highest BCUT2D eigenvalue weighted by Crippen LogP contribution is 2.37. The molecule has 1 heterocycles. The lowest BCUT2D eigenvalue weighted by atomic mass is 10.2. The molecule has 0 radical (unpaired) electrons. The molecular weight excluding hydrogens is 226 g/mol. The number of para-hydroxylation sites is 1. The largest absolute Gasteiger partial charge is 0.366 e. The number of nitrogens with one attached hydrogen (secondary N) is 2. The van der Waals surface area contributed by atoms with Gasteiger partial charge in [-0.05, 0) is 24.5 Å². The zero-order chi connectivity index (χ0) is 12.5. The van der Waals surface area contributed by atoms with Gasteiger partial charge in [0.1, 0.15) is 5.82 Å². The predicted molar refractivity (Wildman–Crippen MR) is 73.2 cm³/mol. The number of hydrazine groups is 1. The van der Waals surface area contributed by atoms with E-state index in [1.807, 2.05) is 24.3 Å². The molecule has 1 aliphatic carbocycles. The fourth-order valence-corrected chi connectivity index (χ4v) is 2.30. The molecule has 5 heteroatoms. The van der Waals surface area contributed by atoms with Crippen LogP contribution in [-0.4, -0.2) is 16.0 Å². The molecule has 0 saturated heterocycles. The first kappa shape index (κ1) is 11.2. The number of hydrogen-bond donors (Lipinski definition) is 3. The monoisotopic (exact) mass is 243 g/mol. The van der Waals surface area contributed by atoms with Crippen LogP contribution in [0.1, 0.15) is 19.8 Å². The second kappa shape index (κ2) is 4.42. The lowest BCUT2D eigenvalue weighted by Crippen LogP contribution is -2.13. The molecule has 2 atom stereocenters. The van der Waals surface area contributed by atoms with Crippen LogP contribution < -0.4 is 16.6 Å². The summed E-state index contributed by atoms with van der Waals surface area (Å²) in [5.41, 5.74) is 3.42. The molecule has 0 spiro atoms. The van der Waals surface area contributed by atoms with Crippen molar-refractivity contribution < 1.29 is 0 Å². The number of anilines is 2.